The molecule has 4 rings (SSSR count). The summed E-state index contributed by atoms with van der Waals surface area (Å²) in [6.07, 6.45) is 2.56. The molecule has 0 unspecified atom stereocenters. The van der Waals surface area contributed by atoms with Crippen LogP contribution in [0.2, 0.25) is 5.02 Å². The molecule has 2 aromatic heterocycles. The van der Waals surface area contributed by atoms with Crippen molar-refractivity contribution in [2.24, 2.45) is 4.99 Å². The number of ether oxygens (including phenoxy) is 1. The second kappa shape index (κ2) is 6.97. The lowest BCUT2D eigenvalue weighted by molar-refractivity contribution is 0.176. The minimum Gasteiger partial charge on any atom is -0.377 e. The van der Waals surface area contributed by atoms with Crippen LogP contribution in [0.25, 0.3) is 5.69 Å². The molecule has 0 saturated carbocycles. The van der Waals surface area contributed by atoms with Crippen molar-refractivity contribution in [2.75, 3.05) is 7.11 Å². The topological polar surface area (TPSA) is 65.2 Å². The third kappa shape index (κ3) is 2.81. The van der Waals surface area contributed by atoms with Gasteiger partial charge in [0.2, 0.25) is 0 Å². The number of halogens is 1. The number of benzene rings is 1. The molecule has 0 bridgehead atoms. The van der Waals surface area contributed by atoms with Crippen LogP contribution < -0.4 is 0 Å². The third-order valence-corrected chi connectivity index (χ3v) is 4.60. The molecule has 7 heteroatoms. The summed E-state index contributed by atoms with van der Waals surface area (Å²) in [4.78, 5) is 9.50. The van der Waals surface area contributed by atoms with Gasteiger partial charge >= 0.3 is 0 Å². The summed E-state index contributed by atoms with van der Waals surface area (Å²) in [6, 6.07) is 11.4. The van der Waals surface area contributed by atoms with Crippen molar-refractivity contribution < 1.29 is 4.74 Å². The van der Waals surface area contributed by atoms with Gasteiger partial charge in [-0.3, -0.25) is 14.5 Å². The van der Waals surface area contributed by atoms with E-state index in [1.165, 1.54) is 0 Å². The van der Waals surface area contributed by atoms with Gasteiger partial charge in [-0.1, -0.05) is 24.6 Å². The molecule has 1 aromatic carbocycles. The summed E-state index contributed by atoms with van der Waals surface area (Å²) in [5, 5.41) is 9.37. The van der Waals surface area contributed by atoms with Gasteiger partial charge in [-0.15, -0.1) is 10.2 Å². The molecule has 0 amide bonds. The molecule has 0 radical (unpaired) electrons. The van der Waals surface area contributed by atoms with Crippen molar-refractivity contribution in [3.05, 3.63) is 70.5 Å². The zero-order chi connectivity index (χ0) is 18.1. The summed E-state index contributed by atoms with van der Waals surface area (Å²) in [6.45, 7) is 2.45. The maximum atomic E-state index is 6.31. The van der Waals surface area contributed by atoms with Crippen LogP contribution in [0.4, 0.5) is 0 Å². The van der Waals surface area contributed by atoms with Crippen LogP contribution >= 0.6 is 11.6 Å². The van der Waals surface area contributed by atoms with Gasteiger partial charge < -0.3 is 4.74 Å². The predicted octanol–water partition coefficient (Wildman–Crippen LogP) is 3.76. The Hall–Kier alpha value is -2.57. The lowest BCUT2D eigenvalue weighted by Crippen LogP contribution is -2.11. The van der Waals surface area contributed by atoms with Gasteiger partial charge in [-0.25, -0.2) is 0 Å². The first-order chi connectivity index (χ1) is 12.7. The standard InChI is InChI=1S/C19H18ClN5O/c1-3-14-19-24-23-17(11-26-2)25(19)16-8-7-12(20)10-13(16)18(22-14)15-6-4-5-9-21-15/h4-10,14H,3,11H2,1-2H3/t14-/m0/s1. The molecule has 0 fully saturated rings. The fourth-order valence-corrected chi connectivity index (χ4v) is 3.36. The van der Waals surface area contributed by atoms with Crippen LogP contribution in [-0.4, -0.2) is 32.6 Å². The molecule has 6 nitrogen and oxygen atoms in total. The average Bonchev–Trinajstić information content (AvgIpc) is 3.01. The third-order valence-electron chi connectivity index (χ3n) is 4.36. The Morgan fingerprint density at radius 2 is 2.08 bits per heavy atom. The van der Waals surface area contributed by atoms with Gasteiger partial charge in [0.1, 0.15) is 12.6 Å². The molecule has 1 aliphatic rings. The smallest absolute Gasteiger partial charge is 0.163 e. The molecular weight excluding hydrogens is 350 g/mol. The summed E-state index contributed by atoms with van der Waals surface area (Å²) in [7, 11) is 1.65. The van der Waals surface area contributed by atoms with Gasteiger partial charge in [0.05, 0.1) is 17.1 Å². The van der Waals surface area contributed by atoms with E-state index in [2.05, 4.69) is 22.1 Å². The highest BCUT2D eigenvalue weighted by molar-refractivity contribution is 6.31. The molecular formula is C19H18ClN5O. The lowest BCUT2D eigenvalue weighted by Gasteiger charge is -2.13. The van der Waals surface area contributed by atoms with Crippen LogP contribution in [0, 0.1) is 0 Å². The first-order valence-corrected chi connectivity index (χ1v) is 8.83. The van der Waals surface area contributed by atoms with Crippen LogP contribution in [0.1, 0.15) is 42.3 Å². The van der Waals surface area contributed by atoms with Crippen LogP contribution in [-0.2, 0) is 11.3 Å². The first kappa shape index (κ1) is 16.9. The van der Waals surface area contributed by atoms with Crippen LogP contribution in [0.15, 0.2) is 47.6 Å². The number of nitrogens with zero attached hydrogens (tertiary/aromatic N) is 5. The minimum atomic E-state index is -0.128. The molecule has 1 atom stereocenters. The molecule has 132 valence electrons. The van der Waals surface area contributed by atoms with E-state index in [9.17, 15) is 0 Å². The predicted molar refractivity (Wildman–Crippen MR) is 100.0 cm³/mol. The fourth-order valence-electron chi connectivity index (χ4n) is 3.19. The zero-order valence-electron chi connectivity index (χ0n) is 14.6. The Labute approximate surface area is 156 Å². The van der Waals surface area contributed by atoms with Gasteiger partial charge in [-0.2, -0.15) is 0 Å². The maximum Gasteiger partial charge on any atom is 0.163 e. The number of hydrogen-bond donors (Lipinski definition) is 0. The molecule has 1 aliphatic heterocycles. The van der Waals surface area contributed by atoms with E-state index in [1.54, 1.807) is 13.3 Å². The van der Waals surface area contributed by atoms with E-state index >= 15 is 0 Å². The Bertz CT molecular complexity index is 967. The normalized spacial score (nSPS) is 15.8. The van der Waals surface area contributed by atoms with Crippen molar-refractivity contribution in [3.63, 3.8) is 0 Å². The van der Waals surface area contributed by atoms with Crippen molar-refractivity contribution >= 4 is 17.3 Å². The van der Waals surface area contributed by atoms with Crippen molar-refractivity contribution in [2.45, 2.75) is 26.0 Å². The molecule has 3 aromatic rings. The Balaban J connectivity index is 2.02. The van der Waals surface area contributed by atoms with Crippen LogP contribution in [0.3, 0.4) is 0 Å². The van der Waals surface area contributed by atoms with Gasteiger partial charge in [0.25, 0.3) is 0 Å². The Kier molecular flexibility index (Phi) is 4.53. The lowest BCUT2D eigenvalue weighted by atomic mass is 10.0. The van der Waals surface area contributed by atoms with E-state index in [1.807, 2.05) is 41.0 Å². The maximum absolute atomic E-state index is 6.31. The van der Waals surface area contributed by atoms with Crippen LogP contribution in [0.5, 0.6) is 0 Å². The second-order valence-corrected chi connectivity index (χ2v) is 6.46. The average molecular weight is 368 g/mol. The van der Waals surface area contributed by atoms with Gasteiger partial charge in [-0.05, 0) is 36.8 Å². The number of aromatic nitrogens is 4. The van der Waals surface area contributed by atoms with E-state index in [4.69, 9.17) is 21.3 Å². The summed E-state index contributed by atoms with van der Waals surface area (Å²) < 4.78 is 7.34. The Morgan fingerprint density at radius 1 is 1.19 bits per heavy atom. The van der Waals surface area contributed by atoms with Gasteiger partial charge in [0.15, 0.2) is 11.6 Å². The minimum absolute atomic E-state index is 0.128. The van der Waals surface area contributed by atoms with Gasteiger partial charge in [0, 0.05) is 23.9 Å². The number of rotatable bonds is 4. The highest BCUT2D eigenvalue weighted by Crippen LogP contribution is 2.33. The van der Waals surface area contributed by atoms with E-state index in [-0.39, 0.29) is 6.04 Å². The molecule has 0 aliphatic carbocycles. The SMILES string of the molecule is CC[C@@H]1N=C(c2ccccn2)c2cc(Cl)ccc2-n2c(COC)nnc21. The number of pyridine rings is 1. The highest BCUT2D eigenvalue weighted by Gasteiger charge is 2.28. The number of methoxy groups -OCH3 is 1. The molecule has 3 heterocycles. The van der Waals surface area contributed by atoms with Crippen molar-refractivity contribution in [1.82, 2.24) is 19.7 Å². The summed E-state index contributed by atoms with van der Waals surface area (Å²) in [5.74, 6) is 1.54. The van der Waals surface area contributed by atoms with Crippen molar-refractivity contribution in [3.8, 4) is 5.69 Å². The molecule has 0 spiro atoms. The number of hydrogen-bond acceptors (Lipinski definition) is 5. The van der Waals surface area contributed by atoms with E-state index in [0.29, 0.717) is 11.6 Å². The van der Waals surface area contributed by atoms with E-state index in [0.717, 1.165) is 40.7 Å². The molecule has 0 saturated heterocycles. The molecule has 26 heavy (non-hydrogen) atoms. The Morgan fingerprint density at radius 3 is 2.81 bits per heavy atom. The van der Waals surface area contributed by atoms with Crippen molar-refractivity contribution in [1.29, 1.82) is 0 Å². The zero-order valence-corrected chi connectivity index (χ0v) is 15.3. The quantitative estimate of drug-likeness (QED) is 0.704. The summed E-state index contributed by atoms with van der Waals surface area (Å²) >= 11 is 6.31. The fraction of sp³-hybridized carbons (Fsp3) is 0.263. The second-order valence-electron chi connectivity index (χ2n) is 6.02. The van der Waals surface area contributed by atoms with E-state index < -0.39 is 0 Å². The largest absolute Gasteiger partial charge is 0.377 e. The summed E-state index contributed by atoms with van der Waals surface area (Å²) in [5.41, 5.74) is 3.46. The monoisotopic (exact) mass is 367 g/mol. The number of fused-ring (bicyclic) bond motifs is 3. The highest BCUT2D eigenvalue weighted by atomic mass is 35.5. The molecule has 0 N–H and O–H groups in total. The number of aliphatic imine (C=N–C) groups is 1. The first-order valence-electron chi connectivity index (χ1n) is 8.45.